The number of hydrogen-bond donors (Lipinski definition) is 1. The van der Waals surface area contributed by atoms with E-state index in [4.69, 9.17) is 14.2 Å². The fourth-order valence-electron chi connectivity index (χ4n) is 2.64. The number of methoxy groups -OCH3 is 1. The van der Waals surface area contributed by atoms with Crippen molar-refractivity contribution in [3.05, 3.63) is 35.9 Å². The Kier molecular flexibility index (Phi) is 5.49. The van der Waals surface area contributed by atoms with Crippen LogP contribution in [0.3, 0.4) is 0 Å². The first-order valence-electron chi connectivity index (χ1n) is 7.99. The monoisotopic (exact) mass is 335 g/mol. The molecule has 1 N–H and O–H groups in total. The second-order valence-electron chi connectivity index (χ2n) is 7.03. The van der Waals surface area contributed by atoms with Gasteiger partial charge in [-0.25, -0.2) is 9.59 Å². The van der Waals surface area contributed by atoms with E-state index in [0.29, 0.717) is 19.4 Å². The quantitative estimate of drug-likeness (QED) is 0.838. The Morgan fingerprint density at radius 3 is 2.38 bits per heavy atom. The number of carbonyl (C=O) groups excluding carboxylic acids is 2. The van der Waals surface area contributed by atoms with E-state index in [1.165, 1.54) is 7.11 Å². The van der Waals surface area contributed by atoms with E-state index >= 15 is 0 Å². The maximum absolute atomic E-state index is 12.1. The van der Waals surface area contributed by atoms with Crippen molar-refractivity contribution in [3.63, 3.8) is 0 Å². The molecule has 0 saturated heterocycles. The molecule has 2 rings (SSSR count). The van der Waals surface area contributed by atoms with E-state index in [2.05, 4.69) is 5.32 Å². The first-order chi connectivity index (χ1) is 11.2. The highest BCUT2D eigenvalue weighted by Gasteiger charge is 2.53. The second kappa shape index (κ2) is 7.21. The number of ether oxygens (including phenoxy) is 3. The minimum Gasteiger partial charge on any atom is -0.467 e. The number of hydrogen-bond acceptors (Lipinski definition) is 5. The van der Waals surface area contributed by atoms with Gasteiger partial charge in [-0.05, 0) is 26.3 Å². The molecule has 0 unspecified atom stereocenters. The van der Waals surface area contributed by atoms with Crippen LogP contribution in [0.5, 0.6) is 0 Å². The van der Waals surface area contributed by atoms with Crippen LogP contribution in [-0.2, 0) is 25.6 Å². The molecule has 0 bridgehead atoms. The van der Waals surface area contributed by atoms with Crippen LogP contribution < -0.4 is 5.32 Å². The summed E-state index contributed by atoms with van der Waals surface area (Å²) in [4.78, 5) is 24.1. The van der Waals surface area contributed by atoms with Gasteiger partial charge in [0.25, 0.3) is 0 Å². The molecule has 0 aliphatic heterocycles. The SMILES string of the molecule is COC(=O)[C@]1(NC(=O)OC(C)(C)C)C[C@@H](OCc2ccccc2)C1. The van der Waals surface area contributed by atoms with Gasteiger partial charge in [0, 0.05) is 12.8 Å². The standard InChI is InChI=1S/C18H25NO5/c1-17(2,3)24-16(21)19-18(15(20)22-4)10-14(11-18)23-12-13-8-6-5-7-9-13/h5-9,14H,10-12H2,1-4H3,(H,19,21)/t14-,18+. The van der Waals surface area contributed by atoms with Crippen molar-refractivity contribution in [1.82, 2.24) is 5.32 Å². The third kappa shape index (κ3) is 4.71. The number of esters is 1. The summed E-state index contributed by atoms with van der Waals surface area (Å²) in [7, 11) is 1.30. The maximum atomic E-state index is 12.1. The number of benzene rings is 1. The van der Waals surface area contributed by atoms with Crippen LogP contribution in [0.25, 0.3) is 0 Å². The highest BCUT2D eigenvalue weighted by molar-refractivity contribution is 5.87. The summed E-state index contributed by atoms with van der Waals surface area (Å²) in [6, 6.07) is 9.79. The zero-order valence-electron chi connectivity index (χ0n) is 14.6. The van der Waals surface area contributed by atoms with Crippen molar-refractivity contribution >= 4 is 12.1 Å². The van der Waals surface area contributed by atoms with Gasteiger partial charge in [-0.15, -0.1) is 0 Å². The van der Waals surface area contributed by atoms with Crippen LogP contribution in [-0.4, -0.2) is 36.4 Å². The van der Waals surface area contributed by atoms with E-state index in [1.54, 1.807) is 20.8 Å². The summed E-state index contributed by atoms with van der Waals surface area (Å²) in [5.74, 6) is -0.479. The average molecular weight is 335 g/mol. The summed E-state index contributed by atoms with van der Waals surface area (Å²) in [6.07, 6.45) is -0.00836. The molecular weight excluding hydrogens is 310 g/mol. The molecular formula is C18H25NO5. The van der Waals surface area contributed by atoms with Gasteiger partial charge in [0.15, 0.2) is 0 Å². The molecule has 1 aromatic rings. The molecule has 0 radical (unpaired) electrons. The Hall–Kier alpha value is -2.08. The van der Waals surface area contributed by atoms with Gasteiger partial charge in [-0.2, -0.15) is 0 Å². The van der Waals surface area contributed by atoms with Gasteiger partial charge in [0.05, 0.1) is 19.8 Å². The predicted molar refractivity (Wildman–Crippen MR) is 88.4 cm³/mol. The van der Waals surface area contributed by atoms with E-state index in [9.17, 15) is 9.59 Å². The Morgan fingerprint density at radius 1 is 1.21 bits per heavy atom. The van der Waals surface area contributed by atoms with E-state index < -0.39 is 23.2 Å². The summed E-state index contributed by atoms with van der Waals surface area (Å²) in [5.41, 5.74) is -0.638. The molecule has 0 spiro atoms. The highest BCUT2D eigenvalue weighted by Crippen LogP contribution is 2.36. The molecule has 1 amide bonds. The van der Waals surface area contributed by atoms with Gasteiger partial charge >= 0.3 is 12.1 Å². The Balaban J connectivity index is 1.90. The minimum atomic E-state index is -1.07. The molecule has 6 heteroatoms. The summed E-state index contributed by atoms with van der Waals surface area (Å²) >= 11 is 0. The maximum Gasteiger partial charge on any atom is 0.408 e. The number of rotatable bonds is 5. The molecule has 24 heavy (non-hydrogen) atoms. The summed E-state index contributed by atoms with van der Waals surface area (Å²) < 4.78 is 15.9. The van der Waals surface area contributed by atoms with E-state index in [0.717, 1.165) is 5.56 Å². The molecule has 0 heterocycles. The normalized spacial score (nSPS) is 23.1. The molecule has 6 nitrogen and oxygen atoms in total. The Labute approximate surface area is 142 Å². The van der Waals surface area contributed by atoms with E-state index in [-0.39, 0.29) is 6.10 Å². The molecule has 1 aliphatic rings. The molecule has 1 aromatic carbocycles. The average Bonchev–Trinajstić information content (AvgIpc) is 2.47. The first-order valence-corrected chi connectivity index (χ1v) is 7.99. The van der Waals surface area contributed by atoms with Crippen molar-refractivity contribution in [2.24, 2.45) is 0 Å². The number of alkyl carbamates (subject to hydrolysis) is 1. The lowest BCUT2D eigenvalue weighted by atomic mass is 9.74. The molecule has 1 fully saturated rings. The van der Waals surface area contributed by atoms with Gasteiger partial charge < -0.3 is 19.5 Å². The van der Waals surface area contributed by atoms with Gasteiger partial charge in [-0.3, -0.25) is 0 Å². The third-order valence-corrected chi connectivity index (χ3v) is 3.80. The van der Waals surface area contributed by atoms with Gasteiger partial charge in [0.2, 0.25) is 0 Å². The molecule has 1 aliphatic carbocycles. The molecule has 0 aromatic heterocycles. The van der Waals surface area contributed by atoms with Crippen molar-refractivity contribution in [2.45, 2.75) is 57.5 Å². The van der Waals surface area contributed by atoms with Crippen LogP contribution in [0.2, 0.25) is 0 Å². The largest absolute Gasteiger partial charge is 0.467 e. The minimum absolute atomic E-state index is 0.112. The smallest absolute Gasteiger partial charge is 0.408 e. The first kappa shape index (κ1) is 18.3. The van der Waals surface area contributed by atoms with Crippen molar-refractivity contribution in [1.29, 1.82) is 0 Å². The van der Waals surface area contributed by atoms with Crippen molar-refractivity contribution < 1.29 is 23.8 Å². The van der Waals surface area contributed by atoms with Crippen LogP contribution >= 0.6 is 0 Å². The zero-order valence-corrected chi connectivity index (χ0v) is 14.6. The second-order valence-corrected chi connectivity index (χ2v) is 7.03. The van der Waals surface area contributed by atoms with Crippen molar-refractivity contribution in [3.8, 4) is 0 Å². The number of carbonyl (C=O) groups is 2. The van der Waals surface area contributed by atoms with Crippen LogP contribution in [0.15, 0.2) is 30.3 Å². The topological polar surface area (TPSA) is 73.9 Å². The molecule has 0 atom stereocenters. The fourth-order valence-corrected chi connectivity index (χ4v) is 2.64. The Morgan fingerprint density at radius 2 is 1.83 bits per heavy atom. The number of amides is 1. The molecule has 1 saturated carbocycles. The van der Waals surface area contributed by atoms with Crippen LogP contribution in [0, 0.1) is 0 Å². The van der Waals surface area contributed by atoms with Crippen LogP contribution in [0.4, 0.5) is 4.79 Å². The fraction of sp³-hybridized carbons (Fsp3) is 0.556. The number of nitrogens with one attached hydrogen (secondary N) is 1. The third-order valence-electron chi connectivity index (χ3n) is 3.80. The van der Waals surface area contributed by atoms with E-state index in [1.807, 2.05) is 30.3 Å². The summed E-state index contributed by atoms with van der Waals surface area (Å²) in [6.45, 7) is 5.77. The predicted octanol–water partition coefficient (Wildman–Crippen LogP) is 2.80. The zero-order chi connectivity index (χ0) is 17.8. The lowest BCUT2D eigenvalue weighted by Crippen LogP contribution is -2.65. The van der Waals surface area contributed by atoms with Crippen molar-refractivity contribution in [2.75, 3.05) is 7.11 Å². The lowest BCUT2D eigenvalue weighted by molar-refractivity contribution is -0.162. The highest BCUT2D eigenvalue weighted by atomic mass is 16.6. The van der Waals surface area contributed by atoms with Gasteiger partial charge in [0.1, 0.15) is 11.1 Å². The summed E-state index contributed by atoms with van der Waals surface area (Å²) in [5, 5.41) is 2.65. The lowest BCUT2D eigenvalue weighted by Gasteiger charge is -2.45. The molecule has 132 valence electrons. The van der Waals surface area contributed by atoms with Crippen LogP contribution in [0.1, 0.15) is 39.2 Å². The van der Waals surface area contributed by atoms with Gasteiger partial charge in [-0.1, -0.05) is 30.3 Å². The Bertz CT molecular complexity index is 573.